The van der Waals surface area contributed by atoms with Crippen LogP contribution in [0.1, 0.15) is 24.0 Å². The van der Waals surface area contributed by atoms with E-state index in [2.05, 4.69) is 22.6 Å². The van der Waals surface area contributed by atoms with Gasteiger partial charge in [0.2, 0.25) is 5.91 Å². The number of carbonyl (C=O) groups is 2. The fourth-order valence-electron chi connectivity index (χ4n) is 3.78. The summed E-state index contributed by atoms with van der Waals surface area (Å²) in [6, 6.07) is 17.1. The Labute approximate surface area is 158 Å². The average Bonchev–Trinajstić information content (AvgIpc) is 3.15. The number of nitrogens with two attached hydrogens (primary N) is 1. The molecular formula is C21H22N4O2. The predicted molar refractivity (Wildman–Crippen MR) is 104 cm³/mol. The van der Waals surface area contributed by atoms with Crippen LogP contribution in [0.3, 0.4) is 0 Å². The quantitative estimate of drug-likeness (QED) is 0.869. The summed E-state index contributed by atoms with van der Waals surface area (Å²) in [5.74, 6) is -0.707. The summed E-state index contributed by atoms with van der Waals surface area (Å²) in [7, 11) is 0. The van der Waals surface area contributed by atoms with Crippen molar-refractivity contribution in [3.05, 3.63) is 65.7 Å². The molecule has 3 N–H and O–H groups in total. The highest BCUT2D eigenvalue weighted by Gasteiger charge is 2.35. The van der Waals surface area contributed by atoms with E-state index < -0.39 is 11.9 Å². The first-order valence-electron chi connectivity index (χ1n) is 9.20. The van der Waals surface area contributed by atoms with Gasteiger partial charge in [-0.2, -0.15) is 5.10 Å². The molecule has 2 atom stereocenters. The van der Waals surface area contributed by atoms with E-state index in [1.54, 1.807) is 5.01 Å². The average molecular weight is 362 g/mol. The molecule has 0 spiro atoms. The summed E-state index contributed by atoms with van der Waals surface area (Å²) in [5, 5.41) is 9.04. The Hall–Kier alpha value is -3.15. The van der Waals surface area contributed by atoms with Crippen molar-refractivity contribution in [2.24, 2.45) is 10.8 Å². The van der Waals surface area contributed by atoms with Crippen LogP contribution in [0.25, 0.3) is 0 Å². The molecule has 0 bridgehead atoms. The van der Waals surface area contributed by atoms with Gasteiger partial charge in [0.05, 0.1) is 5.69 Å². The molecule has 0 radical (unpaired) electrons. The van der Waals surface area contributed by atoms with Crippen LogP contribution in [0, 0.1) is 0 Å². The van der Waals surface area contributed by atoms with Crippen LogP contribution >= 0.6 is 0 Å². The Morgan fingerprint density at radius 3 is 2.44 bits per heavy atom. The highest BCUT2D eigenvalue weighted by molar-refractivity contribution is 6.40. The number of para-hydroxylation sites is 1. The van der Waals surface area contributed by atoms with Gasteiger partial charge in [-0.25, -0.2) is 0 Å². The van der Waals surface area contributed by atoms with Crippen molar-refractivity contribution >= 4 is 23.2 Å². The highest BCUT2D eigenvalue weighted by atomic mass is 16.2. The smallest absolute Gasteiger partial charge is 0.267 e. The third-order valence-corrected chi connectivity index (χ3v) is 5.20. The lowest BCUT2D eigenvalue weighted by atomic mass is 9.88. The van der Waals surface area contributed by atoms with E-state index in [4.69, 9.17) is 5.73 Å². The van der Waals surface area contributed by atoms with E-state index >= 15 is 0 Å². The lowest BCUT2D eigenvalue weighted by Crippen LogP contribution is -2.43. The molecule has 138 valence electrons. The van der Waals surface area contributed by atoms with Gasteiger partial charge in [-0.3, -0.25) is 14.6 Å². The molecule has 4 rings (SSSR count). The van der Waals surface area contributed by atoms with Crippen molar-refractivity contribution in [2.75, 3.05) is 5.01 Å². The van der Waals surface area contributed by atoms with Gasteiger partial charge in [0.1, 0.15) is 11.8 Å². The highest BCUT2D eigenvalue weighted by Crippen LogP contribution is 2.25. The number of nitrogens with zero attached hydrogens (tertiary/aromatic N) is 2. The van der Waals surface area contributed by atoms with Gasteiger partial charge in [-0.15, -0.1) is 0 Å². The van der Waals surface area contributed by atoms with Crippen molar-refractivity contribution in [3.63, 3.8) is 0 Å². The second kappa shape index (κ2) is 7.23. The Bertz CT molecular complexity index is 894. The van der Waals surface area contributed by atoms with Crippen LogP contribution in [-0.4, -0.2) is 29.6 Å². The first-order chi connectivity index (χ1) is 13.1. The third-order valence-electron chi connectivity index (χ3n) is 5.20. The zero-order chi connectivity index (χ0) is 18.8. The molecule has 2 aliphatic rings. The first-order valence-corrected chi connectivity index (χ1v) is 9.20. The predicted octanol–water partition coefficient (Wildman–Crippen LogP) is 1.78. The molecule has 6 heteroatoms. The summed E-state index contributed by atoms with van der Waals surface area (Å²) < 4.78 is 0. The molecule has 2 unspecified atom stereocenters. The number of rotatable bonds is 4. The van der Waals surface area contributed by atoms with Gasteiger partial charge in [0.25, 0.3) is 5.91 Å². The maximum absolute atomic E-state index is 12.7. The molecule has 1 aliphatic carbocycles. The number of benzene rings is 2. The third kappa shape index (κ3) is 3.56. The molecule has 0 saturated heterocycles. The van der Waals surface area contributed by atoms with Crippen molar-refractivity contribution in [3.8, 4) is 0 Å². The van der Waals surface area contributed by atoms with Crippen LogP contribution in [0.15, 0.2) is 59.7 Å². The Balaban J connectivity index is 1.48. The summed E-state index contributed by atoms with van der Waals surface area (Å²) in [6.07, 6.45) is 2.89. The van der Waals surface area contributed by atoms with Crippen LogP contribution in [0.4, 0.5) is 5.69 Å². The number of aryl methyl sites for hydroxylation is 1. The lowest BCUT2D eigenvalue weighted by Gasteiger charge is -2.25. The topological polar surface area (TPSA) is 87.8 Å². The zero-order valence-corrected chi connectivity index (χ0v) is 15.0. The molecule has 1 heterocycles. The van der Waals surface area contributed by atoms with Crippen LogP contribution in [0.2, 0.25) is 0 Å². The van der Waals surface area contributed by atoms with Crippen LogP contribution in [0.5, 0.6) is 0 Å². The van der Waals surface area contributed by atoms with Gasteiger partial charge in [-0.05, 0) is 42.5 Å². The maximum Gasteiger partial charge on any atom is 0.267 e. The molecular weight excluding hydrogens is 340 g/mol. The van der Waals surface area contributed by atoms with E-state index in [1.807, 2.05) is 42.5 Å². The van der Waals surface area contributed by atoms with E-state index in [1.165, 1.54) is 11.1 Å². The Kier molecular flexibility index (Phi) is 4.62. The van der Waals surface area contributed by atoms with E-state index in [9.17, 15) is 9.59 Å². The van der Waals surface area contributed by atoms with Crippen LogP contribution < -0.4 is 16.1 Å². The number of hydrogen-bond donors (Lipinski definition) is 2. The summed E-state index contributed by atoms with van der Waals surface area (Å²) in [5.41, 5.74) is 9.27. The molecule has 27 heavy (non-hydrogen) atoms. The summed E-state index contributed by atoms with van der Waals surface area (Å²) in [4.78, 5) is 24.6. The van der Waals surface area contributed by atoms with E-state index in [0.717, 1.165) is 24.9 Å². The second-order valence-electron chi connectivity index (χ2n) is 7.03. The van der Waals surface area contributed by atoms with Gasteiger partial charge in [0, 0.05) is 12.5 Å². The Morgan fingerprint density at radius 2 is 1.70 bits per heavy atom. The minimum atomic E-state index is -0.639. The monoisotopic (exact) mass is 362 g/mol. The fraction of sp³-hybridized carbons (Fsp3) is 0.286. The second-order valence-corrected chi connectivity index (χ2v) is 7.03. The molecule has 2 amide bonds. The van der Waals surface area contributed by atoms with E-state index in [-0.39, 0.29) is 18.4 Å². The largest absolute Gasteiger partial charge is 0.368 e. The number of hydrazone groups is 1. The SMILES string of the molecule is NC(=O)C1CC(C(=O)NC2CCc3ccccc3C2)=NN1c1ccccc1. The van der Waals surface area contributed by atoms with Gasteiger partial charge >= 0.3 is 0 Å². The summed E-state index contributed by atoms with van der Waals surface area (Å²) >= 11 is 0. The molecule has 0 fully saturated rings. The van der Waals surface area contributed by atoms with Crippen LogP contribution in [-0.2, 0) is 22.4 Å². The molecule has 0 saturated carbocycles. The normalized spacial score (nSPS) is 21.3. The van der Waals surface area contributed by atoms with Gasteiger partial charge < -0.3 is 11.1 Å². The standard InChI is InChI=1S/C21H22N4O2/c22-20(26)19-13-18(24-25(19)17-8-2-1-3-9-17)21(27)23-16-11-10-14-6-4-5-7-15(14)12-16/h1-9,16,19H,10-13H2,(H2,22,26)(H,23,27). The van der Waals surface area contributed by atoms with E-state index in [0.29, 0.717) is 5.71 Å². The van der Waals surface area contributed by atoms with Crippen molar-refractivity contribution in [1.29, 1.82) is 0 Å². The van der Waals surface area contributed by atoms with Crippen molar-refractivity contribution in [1.82, 2.24) is 5.32 Å². The zero-order valence-electron chi connectivity index (χ0n) is 15.0. The molecule has 2 aromatic carbocycles. The number of nitrogens with one attached hydrogen (secondary N) is 1. The number of amides is 2. The summed E-state index contributed by atoms with van der Waals surface area (Å²) in [6.45, 7) is 0. The minimum absolute atomic E-state index is 0.0768. The number of carbonyl (C=O) groups excluding carboxylic acids is 2. The molecule has 1 aliphatic heterocycles. The fourth-order valence-corrected chi connectivity index (χ4v) is 3.78. The number of primary amides is 1. The van der Waals surface area contributed by atoms with Crippen molar-refractivity contribution in [2.45, 2.75) is 37.8 Å². The van der Waals surface area contributed by atoms with Crippen molar-refractivity contribution < 1.29 is 9.59 Å². The minimum Gasteiger partial charge on any atom is -0.368 e. The number of fused-ring (bicyclic) bond motifs is 1. The van der Waals surface area contributed by atoms with Gasteiger partial charge in [0.15, 0.2) is 0 Å². The first kappa shape index (κ1) is 17.3. The number of anilines is 1. The lowest BCUT2D eigenvalue weighted by molar-refractivity contribution is -0.119. The van der Waals surface area contributed by atoms with Gasteiger partial charge in [-0.1, -0.05) is 42.5 Å². The molecule has 2 aromatic rings. The maximum atomic E-state index is 12.7. The molecule has 0 aromatic heterocycles. The number of hydrogen-bond acceptors (Lipinski definition) is 4. The Morgan fingerprint density at radius 1 is 1.00 bits per heavy atom. The molecule has 6 nitrogen and oxygen atoms in total.